The topological polar surface area (TPSA) is 72.5 Å². The Kier molecular flexibility index (Phi) is 6.99. The molecule has 1 aromatic heterocycles. The number of carbonyl (C=O) groups is 1. The van der Waals surface area contributed by atoms with Crippen molar-refractivity contribution < 1.29 is 14.3 Å². The van der Waals surface area contributed by atoms with E-state index in [1.54, 1.807) is 26.5 Å². The first-order valence-electron chi connectivity index (χ1n) is 12.0. The molecule has 1 heterocycles. The molecule has 0 saturated carbocycles. The smallest absolute Gasteiger partial charge is 0.256 e. The van der Waals surface area contributed by atoms with Gasteiger partial charge >= 0.3 is 0 Å². The first-order chi connectivity index (χ1) is 18.2. The van der Waals surface area contributed by atoms with E-state index < -0.39 is 0 Å². The molecule has 0 aliphatic rings. The maximum absolute atomic E-state index is 13.3. The molecule has 0 atom stereocenters. The second-order valence-electron chi connectivity index (χ2n) is 8.49. The molecule has 0 aliphatic heterocycles. The summed E-state index contributed by atoms with van der Waals surface area (Å²) in [6.07, 6.45) is 1.66. The summed E-state index contributed by atoms with van der Waals surface area (Å²) >= 11 is 0. The molecule has 1 amide bonds. The van der Waals surface area contributed by atoms with Crippen molar-refractivity contribution in [1.82, 2.24) is 4.98 Å². The number of nitrogens with one attached hydrogen (secondary N) is 2. The lowest BCUT2D eigenvalue weighted by molar-refractivity contribution is 0.102. The lowest BCUT2D eigenvalue weighted by atomic mass is 10.0. The zero-order chi connectivity index (χ0) is 25.6. The number of hydrogen-bond acceptors (Lipinski definition) is 5. The van der Waals surface area contributed by atoms with Gasteiger partial charge in [0.25, 0.3) is 5.91 Å². The van der Waals surface area contributed by atoms with E-state index in [2.05, 4.69) is 21.7 Å². The molecule has 0 saturated heterocycles. The van der Waals surface area contributed by atoms with Gasteiger partial charge in [0.1, 0.15) is 11.5 Å². The Morgan fingerprint density at radius 3 is 2.54 bits per heavy atom. The zero-order valence-corrected chi connectivity index (χ0v) is 20.7. The highest BCUT2D eigenvalue weighted by Gasteiger charge is 2.14. The molecular weight excluding hydrogens is 462 g/mol. The average molecular weight is 490 g/mol. The number of fused-ring (bicyclic) bond motifs is 1. The number of amides is 1. The number of aromatic nitrogens is 1. The Morgan fingerprint density at radius 2 is 1.68 bits per heavy atom. The van der Waals surface area contributed by atoms with Crippen molar-refractivity contribution in [3.8, 4) is 22.6 Å². The Labute approximate surface area is 215 Å². The molecule has 4 aromatic carbocycles. The highest BCUT2D eigenvalue weighted by atomic mass is 16.5. The number of pyridine rings is 1. The predicted octanol–water partition coefficient (Wildman–Crippen LogP) is 6.78. The fourth-order valence-corrected chi connectivity index (χ4v) is 4.34. The Balaban J connectivity index is 1.39. The normalized spacial score (nSPS) is 10.6. The monoisotopic (exact) mass is 489 g/mol. The zero-order valence-electron chi connectivity index (χ0n) is 20.7. The van der Waals surface area contributed by atoms with Crippen molar-refractivity contribution in [1.29, 1.82) is 0 Å². The highest BCUT2D eigenvalue weighted by molar-refractivity contribution is 6.13. The van der Waals surface area contributed by atoms with Gasteiger partial charge in [0.15, 0.2) is 0 Å². The van der Waals surface area contributed by atoms with Crippen LogP contribution >= 0.6 is 0 Å². The number of carbonyl (C=O) groups excluding carboxylic acids is 1. The van der Waals surface area contributed by atoms with Crippen LogP contribution in [0.5, 0.6) is 11.5 Å². The van der Waals surface area contributed by atoms with Crippen LogP contribution in [0.25, 0.3) is 22.0 Å². The standard InChI is InChI=1S/C31H27N3O3/c1-36-24-14-15-30(37-2)22(19-24)20-33-23-9-7-8-21(18-23)25-10-3-6-13-29(25)34-31(35)27-16-17-32-28-12-5-4-11-26(27)28/h3-19,33H,20H2,1-2H3,(H,34,35). The van der Waals surface area contributed by atoms with Gasteiger partial charge in [0, 0.05) is 40.6 Å². The van der Waals surface area contributed by atoms with Gasteiger partial charge in [-0.25, -0.2) is 0 Å². The van der Waals surface area contributed by atoms with Gasteiger partial charge in [0.05, 0.1) is 25.3 Å². The number of anilines is 2. The molecule has 2 N–H and O–H groups in total. The molecule has 0 fully saturated rings. The molecule has 37 heavy (non-hydrogen) atoms. The second kappa shape index (κ2) is 10.8. The number of para-hydroxylation sites is 2. The van der Waals surface area contributed by atoms with Crippen LogP contribution in [0.4, 0.5) is 11.4 Å². The molecular formula is C31H27N3O3. The largest absolute Gasteiger partial charge is 0.497 e. The van der Waals surface area contributed by atoms with Crippen molar-refractivity contribution >= 4 is 28.2 Å². The lowest BCUT2D eigenvalue weighted by Crippen LogP contribution is -2.13. The minimum Gasteiger partial charge on any atom is -0.497 e. The van der Waals surface area contributed by atoms with Crippen LogP contribution in [-0.2, 0) is 6.54 Å². The van der Waals surface area contributed by atoms with Gasteiger partial charge in [-0.3, -0.25) is 9.78 Å². The predicted molar refractivity (Wildman–Crippen MR) is 148 cm³/mol. The number of ether oxygens (including phenoxy) is 2. The van der Waals surface area contributed by atoms with E-state index >= 15 is 0 Å². The summed E-state index contributed by atoms with van der Waals surface area (Å²) in [6, 6.07) is 31.0. The maximum atomic E-state index is 13.3. The Hall–Kier alpha value is -4.84. The van der Waals surface area contributed by atoms with Crippen LogP contribution in [0.15, 0.2) is 103 Å². The van der Waals surface area contributed by atoms with Crippen molar-refractivity contribution in [2.24, 2.45) is 0 Å². The van der Waals surface area contributed by atoms with Gasteiger partial charge in [-0.2, -0.15) is 0 Å². The van der Waals surface area contributed by atoms with Crippen molar-refractivity contribution in [2.75, 3.05) is 24.9 Å². The highest BCUT2D eigenvalue weighted by Crippen LogP contribution is 2.31. The number of rotatable bonds is 8. The summed E-state index contributed by atoms with van der Waals surface area (Å²) in [6.45, 7) is 0.567. The van der Waals surface area contributed by atoms with E-state index in [9.17, 15) is 4.79 Å². The van der Waals surface area contributed by atoms with Gasteiger partial charge in [-0.15, -0.1) is 0 Å². The summed E-state index contributed by atoms with van der Waals surface area (Å²) < 4.78 is 10.9. The van der Waals surface area contributed by atoms with E-state index in [0.717, 1.165) is 50.5 Å². The molecule has 184 valence electrons. The van der Waals surface area contributed by atoms with Gasteiger partial charge < -0.3 is 20.1 Å². The third-order valence-electron chi connectivity index (χ3n) is 6.21. The van der Waals surface area contributed by atoms with E-state index in [4.69, 9.17) is 9.47 Å². The number of benzene rings is 4. The van der Waals surface area contributed by atoms with Crippen LogP contribution in [0.1, 0.15) is 15.9 Å². The van der Waals surface area contributed by atoms with Crippen LogP contribution in [0.3, 0.4) is 0 Å². The fourth-order valence-electron chi connectivity index (χ4n) is 4.34. The summed E-state index contributed by atoms with van der Waals surface area (Å²) in [5.74, 6) is 1.39. The maximum Gasteiger partial charge on any atom is 0.256 e. The lowest BCUT2D eigenvalue weighted by Gasteiger charge is -2.15. The second-order valence-corrected chi connectivity index (χ2v) is 8.49. The van der Waals surface area contributed by atoms with E-state index in [-0.39, 0.29) is 5.91 Å². The van der Waals surface area contributed by atoms with Crippen molar-refractivity contribution in [3.63, 3.8) is 0 Å². The van der Waals surface area contributed by atoms with Gasteiger partial charge in [-0.05, 0) is 54.1 Å². The van der Waals surface area contributed by atoms with E-state index in [1.165, 1.54) is 0 Å². The van der Waals surface area contributed by atoms with E-state index in [1.807, 2.05) is 84.9 Å². The van der Waals surface area contributed by atoms with Crippen LogP contribution in [0, 0.1) is 0 Å². The number of methoxy groups -OCH3 is 2. The molecule has 0 radical (unpaired) electrons. The SMILES string of the molecule is COc1ccc(OC)c(CNc2cccc(-c3ccccc3NC(=O)c3ccnc4ccccc34)c2)c1. The first kappa shape index (κ1) is 23.9. The molecule has 6 nitrogen and oxygen atoms in total. The quantitative estimate of drug-likeness (QED) is 0.251. The van der Waals surface area contributed by atoms with Gasteiger partial charge in [-0.1, -0.05) is 48.5 Å². The van der Waals surface area contributed by atoms with Gasteiger partial charge in [0.2, 0.25) is 0 Å². The van der Waals surface area contributed by atoms with Crippen molar-refractivity contribution in [2.45, 2.75) is 6.54 Å². The summed E-state index contributed by atoms with van der Waals surface area (Å²) in [4.78, 5) is 17.6. The fraction of sp³-hybridized carbons (Fsp3) is 0.0968. The molecule has 6 heteroatoms. The minimum atomic E-state index is -0.176. The first-order valence-corrected chi connectivity index (χ1v) is 12.0. The van der Waals surface area contributed by atoms with Crippen molar-refractivity contribution in [3.05, 3.63) is 114 Å². The average Bonchev–Trinajstić information content (AvgIpc) is 2.96. The molecule has 5 rings (SSSR count). The third-order valence-corrected chi connectivity index (χ3v) is 6.21. The number of nitrogens with zero attached hydrogens (tertiary/aromatic N) is 1. The summed E-state index contributed by atoms with van der Waals surface area (Å²) in [5, 5.41) is 7.40. The van der Waals surface area contributed by atoms with E-state index in [0.29, 0.717) is 12.1 Å². The van der Waals surface area contributed by atoms with Crippen LogP contribution < -0.4 is 20.1 Å². The number of hydrogen-bond donors (Lipinski definition) is 2. The molecule has 5 aromatic rings. The molecule has 0 aliphatic carbocycles. The summed E-state index contributed by atoms with van der Waals surface area (Å²) in [5.41, 5.74) is 5.96. The third kappa shape index (κ3) is 5.23. The molecule has 0 bridgehead atoms. The Bertz CT molecular complexity index is 1560. The molecule has 0 unspecified atom stereocenters. The summed E-state index contributed by atoms with van der Waals surface area (Å²) in [7, 11) is 3.31. The Morgan fingerprint density at radius 1 is 0.838 bits per heavy atom. The van der Waals surface area contributed by atoms with Crippen LogP contribution in [-0.4, -0.2) is 25.1 Å². The van der Waals surface area contributed by atoms with Crippen LogP contribution in [0.2, 0.25) is 0 Å². The molecule has 0 spiro atoms. The minimum absolute atomic E-state index is 0.176.